The van der Waals surface area contributed by atoms with Gasteiger partial charge in [0.1, 0.15) is 0 Å². The molecule has 0 heterocycles. The summed E-state index contributed by atoms with van der Waals surface area (Å²) in [6, 6.07) is 1.27. The first-order valence-electron chi connectivity index (χ1n) is 4.67. The maximum absolute atomic E-state index is 3.39. The molecule has 0 amide bonds. The van der Waals surface area contributed by atoms with Crippen molar-refractivity contribution in [3.63, 3.8) is 0 Å². The summed E-state index contributed by atoms with van der Waals surface area (Å²) in [5.41, 5.74) is 0. The Labute approximate surface area is 115 Å². The number of rotatable bonds is 6. The molecule has 0 aromatic rings. The van der Waals surface area contributed by atoms with Gasteiger partial charge in [0, 0.05) is 12.1 Å². The van der Waals surface area contributed by atoms with Gasteiger partial charge < -0.3 is 35.4 Å². The maximum Gasteiger partial charge on any atom is 2.00 e. The van der Waals surface area contributed by atoms with Crippen LogP contribution in [-0.2, 0) is 21.1 Å². The molecule has 0 saturated heterocycles. The molecule has 0 bridgehead atoms. The zero-order valence-electron chi connectivity index (χ0n) is 9.35. The predicted molar refractivity (Wildman–Crippen MR) is 50.9 cm³/mol. The van der Waals surface area contributed by atoms with Crippen molar-refractivity contribution in [2.24, 2.45) is 0 Å². The monoisotopic (exact) mass is 423 g/mol. The molecule has 2 nitrogen and oxygen atoms in total. The van der Waals surface area contributed by atoms with Crippen LogP contribution in [0.5, 0.6) is 0 Å². The van der Waals surface area contributed by atoms with E-state index >= 15 is 0 Å². The van der Waals surface area contributed by atoms with E-state index in [1.54, 1.807) is 0 Å². The van der Waals surface area contributed by atoms with Crippen molar-refractivity contribution in [3.8, 4) is 0 Å². The molecule has 0 radical (unpaired) electrons. The van der Waals surface area contributed by atoms with E-state index in [1.165, 1.54) is 6.42 Å². The van der Waals surface area contributed by atoms with E-state index in [0.29, 0.717) is 12.1 Å². The van der Waals surface area contributed by atoms with Crippen molar-refractivity contribution in [1.29, 1.82) is 0 Å². The van der Waals surface area contributed by atoms with E-state index in [-0.39, 0.29) is 45.9 Å². The second-order valence-corrected chi connectivity index (χ2v) is 3.15. The average Bonchev–Trinajstić information content (AvgIpc) is 1.87. The third-order valence-corrected chi connectivity index (χ3v) is 1.81. The molecule has 5 heteroatoms. The zero-order valence-corrected chi connectivity index (χ0v) is 13.1. The van der Waals surface area contributed by atoms with Crippen molar-refractivity contribution in [2.75, 3.05) is 13.1 Å². The Hall–Kier alpha value is 1.19. The van der Waals surface area contributed by atoms with Gasteiger partial charge in [0.15, 0.2) is 0 Å². The van der Waals surface area contributed by atoms with E-state index in [2.05, 4.69) is 38.3 Å². The van der Waals surface area contributed by atoms with Crippen molar-refractivity contribution in [1.82, 2.24) is 10.6 Å². The topological polar surface area (TPSA) is 24.1 Å². The third kappa shape index (κ3) is 15.7. The van der Waals surface area contributed by atoms with Gasteiger partial charge in [0.05, 0.1) is 0 Å². The molecule has 0 aromatic heterocycles. The largest absolute Gasteiger partial charge is 2.00 e. The molecule has 2 N–H and O–H groups in total. The quantitative estimate of drug-likeness (QED) is 0.449. The third-order valence-electron chi connectivity index (χ3n) is 1.81. The van der Waals surface area contributed by atoms with E-state index in [1.807, 2.05) is 0 Å². The number of nitrogens with one attached hydrogen (secondary N) is 2. The van der Waals surface area contributed by atoms with Crippen molar-refractivity contribution in [2.45, 2.75) is 46.2 Å². The van der Waals surface area contributed by atoms with Crippen molar-refractivity contribution < 1.29 is 45.9 Å². The normalized spacial score (nSPS) is 12.9. The van der Waals surface area contributed by atoms with E-state index in [4.69, 9.17) is 0 Å². The van der Waals surface area contributed by atoms with Crippen LogP contribution in [-0.4, -0.2) is 25.2 Å². The molecule has 14 heavy (non-hydrogen) atoms. The Morgan fingerprint density at radius 2 is 1.14 bits per heavy atom. The van der Waals surface area contributed by atoms with Gasteiger partial charge in [-0.1, -0.05) is 13.8 Å². The molecule has 0 saturated carbocycles. The maximum atomic E-state index is 3.39. The minimum Gasteiger partial charge on any atom is -1.00 e. The van der Waals surface area contributed by atoms with Crippen LogP contribution in [0.3, 0.4) is 0 Å². The first kappa shape index (κ1) is 24.4. The van der Waals surface area contributed by atoms with Gasteiger partial charge >= 0.3 is 21.1 Å². The van der Waals surface area contributed by atoms with Gasteiger partial charge in [-0.2, -0.15) is 0 Å². The molecule has 92 valence electrons. The summed E-state index contributed by atoms with van der Waals surface area (Å²) in [5, 5.41) is 6.79. The summed E-state index contributed by atoms with van der Waals surface area (Å²) in [6.07, 6.45) is 1.21. The molecule has 0 aliphatic heterocycles. The smallest absolute Gasteiger partial charge is 1.00 e. The van der Waals surface area contributed by atoms with Gasteiger partial charge in [0.25, 0.3) is 0 Å². The fraction of sp³-hybridized carbons (Fsp3) is 1.00. The summed E-state index contributed by atoms with van der Waals surface area (Å²) < 4.78 is 0. The first-order chi connectivity index (χ1) is 5.20. The van der Waals surface area contributed by atoms with Crippen LogP contribution in [0.25, 0.3) is 0 Å². The molecule has 2 atom stereocenters. The van der Waals surface area contributed by atoms with E-state index in [9.17, 15) is 0 Å². The summed E-state index contributed by atoms with van der Waals surface area (Å²) >= 11 is 0. The van der Waals surface area contributed by atoms with Crippen molar-refractivity contribution >= 4 is 0 Å². The molecule has 0 aliphatic rings. The Kier molecular flexibility index (Phi) is 29.0. The predicted octanol–water partition coefficient (Wildman–Crippen LogP) is -4.62. The molecule has 0 aromatic carbocycles. The van der Waals surface area contributed by atoms with E-state index in [0.717, 1.165) is 13.1 Å². The summed E-state index contributed by atoms with van der Waals surface area (Å²) in [7, 11) is 0. The fourth-order valence-corrected chi connectivity index (χ4v) is 1.39. The Balaban J connectivity index is -0.000000167. The van der Waals surface area contributed by atoms with Crippen LogP contribution in [0.15, 0.2) is 0 Å². The van der Waals surface area contributed by atoms with Gasteiger partial charge in [-0.3, -0.25) is 0 Å². The summed E-state index contributed by atoms with van der Waals surface area (Å²) in [6.45, 7) is 10.9. The van der Waals surface area contributed by atoms with Crippen LogP contribution in [0.4, 0.5) is 0 Å². The Bertz CT molecular complexity index is 86.9. The van der Waals surface area contributed by atoms with Crippen LogP contribution in [0.2, 0.25) is 0 Å². The van der Waals surface area contributed by atoms with Gasteiger partial charge in [-0.05, 0) is 33.4 Å². The van der Waals surface area contributed by atoms with Crippen molar-refractivity contribution in [3.05, 3.63) is 0 Å². The van der Waals surface area contributed by atoms with Crippen LogP contribution >= 0.6 is 0 Å². The first-order valence-corrected chi connectivity index (χ1v) is 4.67. The van der Waals surface area contributed by atoms with Gasteiger partial charge in [-0.25, -0.2) is 0 Å². The molecule has 0 aliphatic carbocycles. The Morgan fingerprint density at radius 1 is 0.857 bits per heavy atom. The fourth-order valence-electron chi connectivity index (χ4n) is 1.39. The molecule has 0 spiro atoms. The summed E-state index contributed by atoms with van der Waals surface area (Å²) in [4.78, 5) is 0. The number of hydrogen-bond donors (Lipinski definition) is 2. The zero-order chi connectivity index (χ0) is 8.69. The van der Waals surface area contributed by atoms with E-state index < -0.39 is 0 Å². The van der Waals surface area contributed by atoms with Gasteiger partial charge in [0.2, 0.25) is 0 Å². The SMILES string of the molecule is CCN[C@H](C)C[C@@H](C)NCC.[Cl-].[Cl-].[Pt+2]. The average molecular weight is 424 g/mol. The number of hydrogen-bond acceptors (Lipinski definition) is 2. The van der Waals surface area contributed by atoms with Crippen LogP contribution in [0, 0.1) is 0 Å². The summed E-state index contributed by atoms with van der Waals surface area (Å²) in [5.74, 6) is 0. The molecular weight excluding hydrogens is 402 g/mol. The minimum atomic E-state index is 0. The minimum absolute atomic E-state index is 0. The standard InChI is InChI=1S/C9H22N2.2ClH.Pt/c1-5-10-8(3)7-9(4)11-6-2;;;/h8-11H,5-7H2,1-4H3;2*1H;/q;;;+2/p-2/t8-,9-;;;/m1.../s1. The second kappa shape index (κ2) is 16.6. The number of halogens is 2. The van der Waals surface area contributed by atoms with Crippen LogP contribution < -0.4 is 35.4 Å². The molecule has 0 rings (SSSR count). The molecule has 0 fully saturated rings. The molecular formula is C9H22Cl2N2Pt. The van der Waals surface area contributed by atoms with Gasteiger partial charge in [-0.15, -0.1) is 0 Å². The molecule has 0 unspecified atom stereocenters. The second-order valence-electron chi connectivity index (χ2n) is 3.15. The van der Waals surface area contributed by atoms with Crippen LogP contribution in [0.1, 0.15) is 34.1 Å². The Morgan fingerprint density at radius 3 is 1.36 bits per heavy atom.